The molecule has 1 saturated carbocycles. The number of imidazole rings is 1. The monoisotopic (exact) mass is 457 g/mol. The number of rotatable bonds is 10. The van der Waals surface area contributed by atoms with E-state index in [1.165, 1.54) is 6.42 Å². The standard InChI is InChI=1S/C25H29ClFN3O2/c1-24(14-7-15-24)30-22(28-20-12-13-21(26)29-23(20)30)11-6-5-10-19(31)16-25(32,17-27)18-8-3-2-4-9-18/h2-4,8-9,12-13,32H,5-7,10-11,14-17H2,1H3. The molecule has 1 unspecified atom stereocenters. The van der Waals surface area contributed by atoms with Crippen LogP contribution in [0.1, 0.15) is 63.3 Å². The maximum absolute atomic E-state index is 13.6. The summed E-state index contributed by atoms with van der Waals surface area (Å²) < 4.78 is 15.8. The van der Waals surface area contributed by atoms with Crippen LogP contribution < -0.4 is 0 Å². The molecule has 1 N–H and O–H groups in total. The summed E-state index contributed by atoms with van der Waals surface area (Å²) in [6.45, 7) is 1.25. The third kappa shape index (κ3) is 4.57. The molecule has 1 atom stereocenters. The van der Waals surface area contributed by atoms with Crippen molar-refractivity contribution in [3.63, 3.8) is 0 Å². The van der Waals surface area contributed by atoms with Gasteiger partial charge in [-0.1, -0.05) is 41.9 Å². The lowest BCUT2D eigenvalue weighted by atomic mass is 9.78. The summed E-state index contributed by atoms with van der Waals surface area (Å²) in [4.78, 5) is 21.8. The Morgan fingerprint density at radius 3 is 2.59 bits per heavy atom. The van der Waals surface area contributed by atoms with Gasteiger partial charge in [0, 0.05) is 24.8 Å². The van der Waals surface area contributed by atoms with Crippen molar-refractivity contribution in [2.24, 2.45) is 0 Å². The number of Topliss-reactive ketones (excluding diaryl/α,β-unsaturated/α-hetero) is 1. The van der Waals surface area contributed by atoms with Gasteiger partial charge in [-0.25, -0.2) is 14.4 Å². The number of nitrogens with zero attached hydrogens (tertiary/aromatic N) is 3. The molecule has 0 amide bonds. The molecule has 0 saturated heterocycles. The number of carbonyl (C=O) groups excluding carboxylic acids is 1. The van der Waals surface area contributed by atoms with Crippen LogP contribution in [-0.4, -0.2) is 32.1 Å². The molecule has 0 bridgehead atoms. The molecular formula is C25H29ClFN3O2. The van der Waals surface area contributed by atoms with Crippen molar-refractivity contribution in [2.45, 2.75) is 69.4 Å². The molecule has 1 aliphatic rings. The third-order valence-electron chi connectivity index (χ3n) is 6.64. The summed E-state index contributed by atoms with van der Waals surface area (Å²) in [5.41, 5.74) is 0.344. The van der Waals surface area contributed by atoms with E-state index in [-0.39, 0.29) is 17.7 Å². The summed E-state index contributed by atoms with van der Waals surface area (Å²) in [6, 6.07) is 12.2. The van der Waals surface area contributed by atoms with Gasteiger partial charge in [0.25, 0.3) is 0 Å². The number of alkyl halides is 1. The summed E-state index contributed by atoms with van der Waals surface area (Å²) in [5.74, 6) is 0.830. The van der Waals surface area contributed by atoms with Gasteiger partial charge in [0.1, 0.15) is 34.6 Å². The zero-order valence-electron chi connectivity index (χ0n) is 18.4. The Morgan fingerprint density at radius 1 is 1.19 bits per heavy atom. The second-order valence-corrected chi connectivity index (χ2v) is 9.53. The van der Waals surface area contributed by atoms with Crippen LogP contribution in [0.25, 0.3) is 11.2 Å². The van der Waals surface area contributed by atoms with Gasteiger partial charge < -0.3 is 9.67 Å². The van der Waals surface area contributed by atoms with Crippen LogP contribution in [0.15, 0.2) is 42.5 Å². The van der Waals surface area contributed by atoms with Gasteiger partial charge in [-0.2, -0.15) is 0 Å². The summed E-state index contributed by atoms with van der Waals surface area (Å²) in [5, 5.41) is 11.1. The van der Waals surface area contributed by atoms with Gasteiger partial charge >= 0.3 is 0 Å². The SMILES string of the molecule is CC1(n2c(CCCCC(=O)CC(O)(CF)c3ccccc3)nc3ccc(Cl)nc32)CCC1. The zero-order valence-corrected chi connectivity index (χ0v) is 19.1. The molecule has 0 aliphatic heterocycles. The van der Waals surface area contributed by atoms with Gasteiger partial charge in [0.05, 0.1) is 0 Å². The minimum Gasteiger partial charge on any atom is -0.382 e. The summed E-state index contributed by atoms with van der Waals surface area (Å²) in [6.07, 6.45) is 5.59. The highest BCUT2D eigenvalue weighted by Gasteiger charge is 2.37. The molecule has 2 heterocycles. The van der Waals surface area contributed by atoms with E-state index < -0.39 is 12.3 Å². The van der Waals surface area contributed by atoms with E-state index in [0.717, 1.165) is 42.7 Å². The van der Waals surface area contributed by atoms with Crippen LogP contribution in [0.5, 0.6) is 0 Å². The van der Waals surface area contributed by atoms with Crippen LogP contribution in [-0.2, 0) is 22.4 Å². The predicted octanol–water partition coefficient (Wildman–Crippen LogP) is 5.51. The van der Waals surface area contributed by atoms with Crippen molar-refractivity contribution in [2.75, 3.05) is 6.67 Å². The lowest BCUT2D eigenvalue weighted by Gasteiger charge is -2.41. The summed E-state index contributed by atoms with van der Waals surface area (Å²) in [7, 11) is 0. The number of pyridine rings is 1. The molecule has 2 aromatic heterocycles. The quantitative estimate of drug-likeness (QED) is 0.322. The highest BCUT2D eigenvalue weighted by Crippen LogP contribution is 2.41. The maximum atomic E-state index is 13.6. The first-order valence-electron chi connectivity index (χ1n) is 11.2. The van der Waals surface area contributed by atoms with E-state index in [0.29, 0.717) is 23.6 Å². The van der Waals surface area contributed by atoms with E-state index in [9.17, 15) is 14.3 Å². The van der Waals surface area contributed by atoms with Crippen molar-refractivity contribution in [1.29, 1.82) is 0 Å². The maximum Gasteiger partial charge on any atom is 0.162 e. The van der Waals surface area contributed by atoms with E-state index >= 15 is 0 Å². The van der Waals surface area contributed by atoms with Crippen molar-refractivity contribution in [1.82, 2.24) is 14.5 Å². The van der Waals surface area contributed by atoms with E-state index in [2.05, 4.69) is 16.5 Å². The van der Waals surface area contributed by atoms with Gasteiger partial charge in [0.2, 0.25) is 0 Å². The average molecular weight is 458 g/mol. The Kier molecular flexibility index (Phi) is 6.63. The average Bonchev–Trinajstić information content (AvgIpc) is 3.13. The Balaban J connectivity index is 1.39. The Labute approximate surface area is 192 Å². The number of aliphatic hydroxyl groups is 1. The number of unbranched alkanes of at least 4 members (excludes halogenated alkanes) is 1. The Hall–Kier alpha value is -2.31. The number of hydrogen-bond donors (Lipinski definition) is 1. The number of hydrogen-bond acceptors (Lipinski definition) is 4. The first-order chi connectivity index (χ1) is 15.3. The third-order valence-corrected chi connectivity index (χ3v) is 6.85. The molecule has 3 aromatic rings. The van der Waals surface area contributed by atoms with Crippen LogP contribution in [0.4, 0.5) is 4.39 Å². The molecule has 1 aromatic carbocycles. The largest absolute Gasteiger partial charge is 0.382 e. The van der Waals surface area contributed by atoms with Crippen LogP contribution in [0.3, 0.4) is 0 Å². The first kappa shape index (κ1) is 22.9. The van der Waals surface area contributed by atoms with Gasteiger partial charge in [0.15, 0.2) is 5.65 Å². The highest BCUT2D eigenvalue weighted by molar-refractivity contribution is 6.29. The van der Waals surface area contributed by atoms with Crippen molar-refractivity contribution >= 4 is 28.5 Å². The molecule has 4 rings (SSSR count). The van der Waals surface area contributed by atoms with Gasteiger partial charge in [-0.05, 0) is 56.7 Å². The molecule has 170 valence electrons. The number of ketones is 1. The lowest BCUT2D eigenvalue weighted by Crippen LogP contribution is -2.38. The Morgan fingerprint density at radius 2 is 1.94 bits per heavy atom. The normalized spacial score (nSPS) is 17.1. The second kappa shape index (κ2) is 9.28. The lowest BCUT2D eigenvalue weighted by molar-refractivity contribution is -0.125. The first-order valence-corrected chi connectivity index (χ1v) is 11.6. The number of halogens is 2. The van der Waals surface area contributed by atoms with Crippen LogP contribution in [0.2, 0.25) is 5.15 Å². The number of aromatic nitrogens is 3. The summed E-state index contributed by atoms with van der Waals surface area (Å²) >= 11 is 6.14. The molecule has 7 heteroatoms. The topological polar surface area (TPSA) is 68.0 Å². The fourth-order valence-corrected chi connectivity index (χ4v) is 4.77. The molecule has 5 nitrogen and oxygen atoms in total. The number of aryl methyl sites for hydroxylation is 1. The fraction of sp³-hybridized carbons (Fsp3) is 0.480. The Bertz CT molecular complexity index is 1100. The van der Waals surface area contributed by atoms with Crippen LogP contribution >= 0.6 is 11.6 Å². The van der Waals surface area contributed by atoms with Gasteiger partial charge in [-0.15, -0.1) is 0 Å². The minimum atomic E-state index is -1.75. The predicted molar refractivity (Wildman–Crippen MR) is 124 cm³/mol. The molecule has 0 spiro atoms. The highest BCUT2D eigenvalue weighted by atomic mass is 35.5. The second-order valence-electron chi connectivity index (χ2n) is 9.14. The van der Waals surface area contributed by atoms with Gasteiger partial charge in [-0.3, -0.25) is 4.79 Å². The van der Waals surface area contributed by atoms with Crippen LogP contribution in [0, 0.1) is 0 Å². The molecule has 32 heavy (non-hydrogen) atoms. The van der Waals surface area contributed by atoms with E-state index in [1.807, 2.05) is 6.07 Å². The fourth-order valence-electron chi connectivity index (χ4n) is 4.62. The number of benzene rings is 1. The smallest absolute Gasteiger partial charge is 0.162 e. The zero-order chi connectivity index (χ0) is 22.8. The van der Waals surface area contributed by atoms with Crippen molar-refractivity contribution in [3.05, 3.63) is 59.0 Å². The van der Waals surface area contributed by atoms with Crippen molar-refractivity contribution < 1.29 is 14.3 Å². The number of fused-ring (bicyclic) bond motifs is 1. The molecule has 1 fully saturated rings. The minimum absolute atomic E-state index is 0.00485. The molecule has 0 radical (unpaired) electrons. The molecular weight excluding hydrogens is 429 g/mol. The van der Waals surface area contributed by atoms with E-state index in [4.69, 9.17) is 16.6 Å². The van der Waals surface area contributed by atoms with Crippen molar-refractivity contribution in [3.8, 4) is 0 Å². The molecule has 1 aliphatic carbocycles. The van der Waals surface area contributed by atoms with E-state index in [1.54, 1.807) is 36.4 Å². The number of carbonyl (C=O) groups is 1.